The van der Waals surface area contributed by atoms with E-state index in [2.05, 4.69) is 0 Å². The van der Waals surface area contributed by atoms with E-state index in [9.17, 15) is 13.2 Å². The van der Waals surface area contributed by atoms with Crippen LogP contribution in [0.4, 0.5) is 18.9 Å². The highest BCUT2D eigenvalue weighted by atomic mass is 32.2. The van der Waals surface area contributed by atoms with Crippen LogP contribution in [0.15, 0.2) is 35.4 Å². The number of benzene rings is 1. The van der Waals surface area contributed by atoms with E-state index in [0.29, 0.717) is 11.6 Å². The average molecular weight is 245 g/mol. The minimum Gasteiger partial charge on any atom is -0.337 e. The van der Waals surface area contributed by atoms with Gasteiger partial charge in [0.15, 0.2) is 0 Å². The van der Waals surface area contributed by atoms with Gasteiger partial charge < -0.3 is 4.90 Å². The molecule has 16 heavy (non-hydrogen) atoms. The van der Waals surface area contributed by atoms with Crippen LogP contribution in [-0.2, 0) is 6.18 Å². The molecule has 0 bridgehead atoms. The Balaban J connectivity index is 2.30. The highest BCUT2D eigenvalue weighted by Crippen LogP contribution is 2.34. The fourth-order valence-corrected chi connectivity index (χ4v) is 2.24. The Morgan fingerprint density at radius 3 is 2.62 bits per heavy atom. The summed E-state index contributed by atoms with van der Waals surface area (Å²) in [5, 5.41) is 0. The van der Waals surface area contributed by atoms with Crippen molar-refractivity contribution in [3.05, 3.63) is 40.9 Å². The Bertz CT molecular complexity index is 425. The van der Waals surface area contributed by atoms with Crippen molar-refractivity contribution in [3.63, 3.8) is 0 Å². The molecular weight excluding hydrogens is 235 g/mol. The van der Waals surface area contributed by atoms with Gasteiger partial charge in [-0.1, -0.05) is 6.07 Å². The number of halogens is 3. The third-order valence-corrected chi connectivity index (χ3v) is 3.24. The van der Waals surface area contributed by atoms with E-state index in [-0.39, 0.29) is 0 Å². The number of hydrogen-bond donors (Lipinski definition) is 0. The largest absolute Gasteiger partial charge is 0.416 e. The number of anilines is 1. The van der Waals surface area contributed by atoms with Crippen molar-refractivity contribution in [1.29, 1.82) is 0 Å². The molecule has 1 aromatic carbocycles. The molecule has 0 spiro atoms. The summed E-state index contributed by atoms with van der Waals surface area (Å²) in [6.07, 6.45) is -2.41. The van der Waals surface area contributed by atoms with Crippen LogP contribution < -0.4 is 4.90 Å². The second kappa shape index (κ2) is 4.05. The molecule has 0 atom stereocenters. The SMILES string of the molecule is CC1=CN(c2cccc(C(F)(F)F)c2)CS1. The van der Waals surface area contributed by atoms with E-state index in [4.69, 9.17) is 0 Å². The van der Waals surface area contributed by atoms with Gasteiger partial charge >= 0.3 is 6.18 Å². The maximum Gasteiger partial charge on any atom is 0.416 e. The van der Waals surface area contributed by atoms with Crippen molar-refractivity contribution in [2.45, 2.75) is 13.1 Å². The van der Waals surface area contributed by atoms with E-state index in [1.807, 2.05) is 18.0 Å². The molecule has 0 radical (unpaired) electrons. The summed E-state index contributed by atoms with van der Waals surface area (Å²) in [4.78, 5) is 2.92. The molecule has 0 saturated carbocycles. The zero-order valence-corrected chi connectivity index (χ0v) is 9.40. The Morgan fingerprint density at radius 1 is 1.31 bits per heavy atom. The number of alkyl halides is 3. The first kappa shape index (κ1) is 11.4. The van der Waals surface area contributed by atoms with Gasteiger partial charge in [0, 0.05) is 11.9 Å². The van der Waals surface area contributed by atoms with Gasteiger partial charge in [0.1, 0.15) is 0 Å². The average Bonchev–Trinajstić information content (AvgIpc) is 2.64. The van der Waals surface area contributed by atoms with Gasteiger partial charge in [0.2, 0.25) is 0 Å². The predicted molar refractivity (Wildman–Crippen MR) is 60.1 cm³/mol. The molecule has 86 valence electrons. The molecule has 1 aromatic rings. The molecule has 2 rings (SSSR count). The zero-order chi connectivity index (χ0) is 11.8. The molecule has 1 aliphatic heterocycles. The Kier molecular flexibility index (Phi) is 2.88. The Labute approximate surface area is 95.9 Å². The molecule has 0 N–H and O–H groups in total. The molecule has 0 saturated heterocycles. The standard InChI is InChI=1S/C11H10F3NS/c1-8-6-15(7-16-8)10-4-2-3-9(5-10)11(12,13)14/h2-6H,7H2,1H3. The highest BCUT2D eigenvalue weighted by molar-refractivity contribution is 8.03. The van der Waals surface area contributed by atoms with Crippen molar-refractivity contribution in [2.24, 2.45) is 0 Å². The van der Waals surface area contributed by atoms with Crippen molar-refractivity contribution in [2.75, 3.05) is 10.8 Å². The lowest BCUT2D eigenvalue weighted by atomic mass is 10.2. The first-order valence-corrected chi connectivity index (χ1v) is 5.70. The first-order valence-electron chi connectivity index (χ1n) is 4.72. The Hall–Kier alpha value is -1.10. The van der Waals surface area contributed by atoms with E-state index >= 15 is 0 Å². The summed E-state index contributed by atoms with van der Waals surface area (Å²) in [5.74, 6) is 0.674. The molecule has 1 heterocycles. The molecule has 5 heteroatoms. The molecule has 0 fully saturated rings. The summed E-state index contributed by atoms with van der Waals surface area (Å²) in [5.41, 5.74) is -0.0212. The lowest BCUT2D eigenvalue weighted by Crippen LogP contribution is -2.12. The predicted octanol–water partition coefficient (Wildman–Crippen LogP) is 4.08. The van der Waals surface area contributed by atoms with E-state index in [0.717, 1.165) is 11.0 Å². The van der Waals surface area contributed by atoms with Crippen LogP contribution in [0, 0.1) is 0 Å². The molecule has 1 aliphatic rings. The van der Waals surface area contributed by atoms with Gasteiger partial charge in [-0.15, -0.1) is 11.8 Å². The van der Waals surface area contributed by atoms with E-state index in [1.54, 1.807) is 17.8 Å². The number of allylic oxidation sites excluding steroid dienone is 1. The number of nitrogens with zero attached hydrogens (tertiary/aromatic N) is 1. The van der Waals surface area contributed by atoms with E-state index in [1.165, 1.54) is 12.1 Å². The fourth-order valence-electron chi connectivity index (χ4n) is 1.48. The normalized spacial score (nSPS) is 16.5. The van der Waals surface area contributed by atoms with Crippen LogP contribution in [-0.4, -0.2) is 5.88 Å². The second-order valence-corrected chi connectivity index (χ2v) is 4.72. The molecule has 0 aromatic heterocycles. The quantitative estimate of drug-likeness (QED) is 0.733. The van der Waals surface area contributed by atoms with Crippen molar-refractivity contribution in [3.8, 4) is 0 Å². The minimum atomic E-state index is -4.28. The minimum absolute atomic E-state index is 0.583. The lowest BCUT2D eigenvalue weighted by molar-refractivity contribution is -0.137. The van der Waals surface area contributed by atoms with E-state index < -0.39 is 11.7 Å². The van der Waals surface area contributed by atoms with Gasteiger partial charge in [0.25, 0.3) is 0 Å². The summed E-state index contributed by atoms with van der Waals surface area (Å²) in [7, 11) is 0. The number of thioether (sulfide) groups is 1. The lowest BCUT2D eigenvalue weighted by Gasteiger charge is -2.16. The Morgan fingerprint density at radius 2 is 2.06 bits per heavy atom. The molecule has 0 unspecified atom stereocenters. The molecular formula is C11H10F3NS. The van der Waals surface area contributed by atoms with Crippen LogP contribution >= 0.6 is 11.8 Å². The summed E-state index contributed by atoms with van der Waals surface area (Å²) >= 11 is 1.62. The molecule has 1 nitrogen and oxygen atoms in total. The number of rotatable bonds is 1. The monoisotopic (exact) mass is 245 g/mol. The van der Waals surface area contributed by atoms with Crippen molar-refractivity contribution in [1.82, 2.24) is 0 Å². The topological polar surface area (TPSA) is 3.24 Å². The van der Waals surface area contributed by atoms with Gasteiger partial charge in [-0.2, -0.15) is 13.2 Å². The molecule has 0 amide bonds. The maximum atomic E-state index is 12.5. The second-order valence-electron chi connectivity index (χ2n) is 3.53. The summed E-state index contributed by atoms with van der Waals surface area (Å²) < 4.78 is 37.5. The molecule has 0 aliphatic carbocycles. The third-order valence-electron chi connectivity index (χ3n) is 2.27. The van der Waals surface area contributed by atoms with Crippen LogP contribution in [0.1, 0.15) is 12.5 Å². The van der Waals surface area contributed by atoms with Crippen molar-refractivity contribution < 1.29 is 13.2 Å². The fraction of sp³-hybridized carbons (Fsp3) is 0.273. The smallest absolute Gasteiger partial charge is 0.337 e. The maximum absolute atomic E-state index is 12.5. The van der Waals surface area contributed by atoms with Crippen LogP contribution in [0.2, 0.25) is 0 Å². The van der Waals surface area contributed by atoms with Gasteiger partial charge in [0.05, 0.1) is 11.4 Å². The van der Waals surface area contributed by atoms with Crippen LogP contribution in [0.5, 0.6) is 0 Å². The van der Waals surface area contributed by atoms with Gasteiger partial charge in [-0.3, -0.25) is 0 Å². The summed E-state index contributed by atoms with van der Waals surface area (Å²) in [6.45, 7) is 1.94. The van der Waals surface area contributed by atoms with Gasteiger partial charge in [-0.25, -0.2) is 0 Å². The highest BCUT2D eigenvalue weighted by Gasteiger charge is 2.30. The zero-order valence-electron chi connectivity index (χ0n) is 8.58. The first-order chi connectivity index (χ1) is 7.47. The van der Waals surface area contributed by atoms with Crippen LogP contribution in [0.25, 0.3) is 0 Å². The van der Waals surface area contributed by atoms with Crippen LogP contribution in [0.3, 0.4) is 0 Å². The number of hydrogen-bond acceptors (Lipinski definition) is 2. The van der Waals surface area contributed by atoms with Gasteiger partial charge in [-0.05, 0) is 30.0 Å². The van der Waals surface area contributed by atoms with Crippen molar-refractivity contribution >= 4 is 17.4 Å². The third kappa shape index (κ3) is 2.35. The summed E-state index contributed by atoms with van der Waals surface area (Å²) in [6, 6.07) is 5.38.